The van der Waals surface area contributed by atoms with Crippen molar-refractivity contribution < 1.29 is 23.9 Å². The number of ketones is 1. The highest BCUT2D eigenvalue weighted by molar-refractivity contribution is 6.30. The van der Waals surface area contributed by atoms with Gasteiger partial charge < -0.3 is 19.4 Å². The number of urea groups is 1. The van der Waals surface area contributed by atoms with Gasteiger partial charge in [0.25, 0.3) is 5.91 Å². The molecular weight excluding hydrogens is 470 g/mol. The van der Waals surface area contributed by atoms with Gasteiger partial charge in [-0.1, -0.05) is 29.8 Å². The number of hydrogen-bond donors (Lipinski definition) is 1. The number of hydrogen-bond acceptors (Lipinski definition) is 5. The molecule has 0 saturated carbocycles. The van der Waals surface area contributed by atoms with E-state index in [9.17, 15) is 14.4 Å². The van der Waals surface area contributed by atoms with Crippen LogP contribution in [0, 0.1) is 13.8 Å². The maximum atomic E-state index is 13.2. The predicted molar refractivity (Wildman–Crippen MR) is 129 cm³/mol. The van der Waals surface area contributed by atoms with Crippen LogP contribution in [0.1, 0.15) is 39.8 Å². The molecule has 0 aliphatic carbocycles. The Bertz CT molecular complexity index is 1360. The summed E-state index contributed by atoms with van der Waals surface area (Å²) in [4.78, 5) is 40.1. The number of rotatable bonds is 6. The second kappa shape index (κ2) is 8.46. The summed E-state index contributed by atoms with van der Waals surface area (Å²) < 4.78 is 12.9. The number of imide groups is 1. The van der Waals surface area contributed by atoms with Gasteiger partial charge in [0.05, 0.1) is 6.54 Å². The molecule has 0 bridgehead atoms. The summed E-state index contributed by atoms with van der Waals surface area (Å²) in [6.07, 6.45) is 0. The van der Waals surface area contributed by atoms with E-state index in [-0.39, 0.29) is 19.1 Å². The quantitative estimate of drug-likeness (QED) is 0.411. The third kappa shape index (κ3) is 3.93. The van der Waals surface area contributed by atoms with Gasteiger partial charge in [0.15, 0.2) is 17.3 Å². The molecular formula is C26H24ClN3O5. The summed E-state index contributed by atoms with van der Waals surface area (Å²) >= 11 is 5.96. The minimum atomic E-state index is -1.27. The Morgan fingerprint density at radius 2 is 1.77 bits per heavy atom. The molecule has 35 heavy (non-hydrogen) atoms. The monoisotopic (exact) mass is 493 g/mol. The van der Waals surface area contributed by atoms with E-state index in [0.717, 1.165) is 21.9 Å². The lowest BCUT2D eigenvalue weighted by Gasteiger charge is -2.22. The zero-order valence-electron chi connectivity index (χ0n) is 19.6. The lowest BCUT2D eigenvalue weighted by molar-refractivity contribution is -0.130. The highest BCUT2D eigenvalue weighted by Gasteiger charge is 2.49. The third-order valence-electron chi connectivity index (χ3n) is 6.65. The summed E-state index contributed by atoms with van der Waals surface area (Å²) in [5.41, 5.74) is 2.46. The molecule has 3 amide bonds. The van der Waals surface area contributed by atoms with Crippen molar-refractivity contribution in [2.75, 3.05) is 13.3 Å². The third-order valence-corrected chi connectivity index (χ3v) is 6.90. The molecule has 3 heterocycles. The molecule has 3 aromatic rings. The fraction of sp³-hybridized carbons (Fsp3) is 0.269. The molecule has 1 saturated heterocycles. The number of carbonyl (C=O) groups is 3. The smallest absolute Gasteiger partial charge is 0.325 e. The van der Waals surface area contributed by atoms with Crippen molar-refractivity contribution in [3.63, 3.8) is 0 Å². The number of aryl methyl sites for hydroxylation is 1. The number of nitrogens with zero attached hydrogens (tertiary/aromatic N) is 2. The molecule has 1 N–H and O–H groups in total. The maximum Gasteiger partial charge on any atom is 0.325 e. The van der Waals surface area contributed by atoms with E-state index >= 15 is 0 Å². The molecule has 2 aliphatic rings. The standard InChI is InChI=1S/C26H24ClN3O5/c1-15-10-20(16(2)29(15)12-17-4-9-22-23(11-17)35-14-34-22)21(31)13-30-24(32)26(3,28-25(30)33)18-5-7-19(27)8-6-18/h4-11H,12-14H2,1-3H3,(H,28,33)/t26-/m0/s1. The van der Waals surface area contributed by atoms with Gasteiger partial charge in [-0.2, -0.15) is 0 Å². The summed E-state index contributed by atoms with van der Waals surface area (Å²) in [7, 11) is 0. The van der Waals surface area contributed by atoms with Gasteiger partial charge >= 0.3 is 6.03 Å². The van der Waals surface area contributed by atoms with Gasteiger partial charge in [-0.25, -0.2) is 4.79 Å². The Kier molecular flexibility index (Phi) is 5.56. The molecule has 2 aromatic carbocycles. The van der Waals surface area contributed by atoms with Gasteiger partial charge in [0, 0.05) is 28.5 Å². The Morgan fingerprint density at radius 3 is 2.51 bits per heavy atom. The number of amides is 3. The van der Waals surface area contributed by atoms with Crippen LogP contribution in [0.5, 0.6) is 11.5 Å². The van der Waals surface area contributed by atoms with Crippen LogP contribution in [0.25, 0.3) is 0 Å². The Morgan fingerprint density at radius 1 is 1.06 bits per heavy atom. The number of benzene rings is 2. The second-order valence-corrected chi connectivity index (χ2v) is 9.37. The van der Waals surface area contributed by atoms with Crippen molar-refractivity contribution in [3.8, 4) is 11.5 Å². The van der Waals surface area contributed by atoms with Crippen molar-refractivity contribution in [1.82, 2.24) is 14.8 Å². The van der Waals surface area contributed by atoms with Crippen LogP contribution in [0.3, 0.4) is 0 Å². The Hall–Kier alpha value is -3.78. The molecule has 9 heteroatoms. The first-order valence-corrected chi connectivity index (χ1v) is 11.5. The van der Waals surface area contributed by atoms with Gasteiger partial charge in [-0.3, -0.25) is 14.5 Å². The van der Waals surface area contributed by atoms with Crippen LogP contribution in [-0.2, 0) is 16.9 Å². The first kappa shape index (κ1) is 23.0. The molecule has 2 aliphatic heterocycles. The molecule has 0 spiro atoms. The lowest BCUT2D eigenvalue weighted by Crippen LogP contribution is -2.41. The SMILES string of the molecule is Cc1cc(C(=O)CN2C(=O)N[C@@](C)(c3ccc(Cl)cc3)C2=O)c(C)n1Cc1ccc2c(c1)OCO2. The highest BCUT2D eigenvalue weighted by Crippen LogP contribution is 2.33. The number of nitrogens with one attached hydrogen (secondary N) is 1. The van der Waals surface area contributed by atoms with Crippen LogP contribution in [-0.4, -0.2) is 40.5 Å². The normalized spacial score (nSPS) is 18.8. The van der Waals surface area contributed by atoms with Gasteiger partial charge in [-0.15, -0.1) is 0 Å². The minimum absolute atomic E-state index is 0.207. The summed E-state index contributed by atoms with van der Waals surface area (Å²) in [6, 6.07) is 13.6. The molecule has 5 rings (SSSR count). The number of fused-ring (bicyclic) bond motifs is 1. The summed E-state index contributed by atoms with van der Waals surface area (Å²) in [5, 5.41) is 3.25. The average Bonchev–Trinajstić information content (AvgIpc) is 3.47. The van der Waals surface area contributed by atoms with Gasteiger partial charge in [0.1, 0.15) is 5.54 Å². The molecule has 1 atom stereocenters. The Labute approximate surface area is 207 Å². The fourth-order valence-electron chi connectivity index (χ4n) is 4.60. The van der Waals surface area contributed by atoms with Crippen LogP contribution in [0.15, 0.2) is 48.5 Å². The van der Waals surface area contributed by atoms with E-state index < -0.39 is 17.5 Å². The highest BCUT2D eigenvalue weighted by atomic mass is 35.5. The first-order chi connectivity index (χ1) is 16.7. The Balaban J connectivity index is 1.35. The van der Waals surface area contributed by atoms with Crippen LogP contribution < -0.4 is 14.8 Å². The van der Waals surface area contributed by atoms with E-state index in [4.69, 9.17) is 21.1 Å². The largest absolute Gasteiger partial charge is 0.454 e. The minimum Gasteiger partial charge on any atom is -0.454 e. The maximum absolute atomic E-state index is 13.2. The molecule has 8 nitrogen and oxygen atoms in total. The van der Waals surface area contributed by atoms with Crippen molar-refractivity contribution in [3.05, 3.63) is 81.6 Å². The molecule has 0 unspecified atom stereocenters. The van der Waals surface area contributed by atoms with E-state index in [0.29, 0.717) is 34.2 Å². The molecule has 180 valence electrons. The predicted octanol–water partition coefficient (Wildman–Crippen LogP) is 4.19. The van der Waals surface area contributed by atoms with Crippen LogP contribution in [0.4, 0.5) is 4.79 Å². The zero-order chi connectivity index (χ0) is 24.9. The number of ether oxygens (including phenoxy) is 2. The van der Waals surface area contributed by atoms with Gasteiger partial charge in [-0.05, 0) is 62.2 Å². The molecule has 1 fully saturated rings. The summed E-state index contributed by atoms with van der Waals surface area (Å²) in [6.45, 7) is 5.80. The van der Waals surface area contributed by atoms with E-state index in [1.165, 1.54) is 0 Å². The first-order valence-electron chi connectivity index (χ1n) is 11.2. The number of halogens is 1. The lowest BCUT2D eigenvalue weighted by atomic mass is 9.92. The van der Waals surface area contributed by atoms with Crippen LogP contribution in [0.2, 0.25) is 5.02 Å². The molecule has 1 aromatic heterocycles. The molecule has 0 radical (unpaired) electrons. The fourth-order valence-corrected chi connectivity index (χ4v) is 4.72. The van der Waals surface area contributed by atoms with E-state index in [1.54, 1.807) is 37.3 Å². The second-order valence-electron chi connectivity index (χ2n) is 8.94. The number of aromatic nitrogens is 1. The van der Waals surface area contributed by atoms with Crippen molar-refractivity contribution >= 4 is 29.3 Å². The number of Topliss-reactive ketones (excluding diaryl/α,β-unsaturated/α-hetero) is 1. The summed E-state index contributed by atoms with van der Waals surface area (Å²) in [5.74, 6) is 0.625. The average molecular weight is 494 g/mol. The van der Waals surface area contributed by atoms with E-state index in [1.807, 2.05) is 36.6 Å². The van der Waals surface area contributed by atoms with Crippen molar-refractivity contribution in [1.29, 1.82) is 0 Å². The van der Waals surface area contributed by atoms with Crippen molar-refractivity contribution in [2.45, 2.75) is 32.9 Å². The topological polar surface area (TPSA) is 89.9 Å². The number of carbonyl (C=O) groups excluding carboxylic acids is 3. The van der Waals surface area contributed by atoms with Gasteiger partial charge in [0.2, 0.25) is 6.79 Å². The van der Waals surface area contributed by atoms with Crippen LogP contribution >= 0.6 is 11.6 Å². The van der Waals surface area contributed by atoms with E-state index in [2.05, 4.69) is 5.32 Å². The zero-order valence-corrected chi connectivity index (χ0v) is 20.3. The van der Waals surface area contributed by atoms with Crippen molar-refractivity contribution in [2.24, 2.45) is 0 Å².